The normalized spacial score (nSPS) is 25.5. The molecule has 0 bridgehead atoms. The minimum atomic E-state index is 0.491. The first-order chi connectivity index (χ1) is 8.77. The highest BCUT2D eigenvalue weighted by molar-refractivity contribution is 5.10. The first-order valence-corrected chi connectivity index (χ1v) is 7.53. The highest BCUT2D eigenvalue weighted by Crippen LogP contribution is 2.39. The van der Waals surface area contributed by atoms with Gasteiger partial charge in [-0.3, -0.25) is 4.68 Å². The molecule has 3 heteroatoms. The van der Waals surface area contributed by atoms with E-state index in [0.717, 1.165) is 24.9 Å². The van der Waals surface area contributed by atoms with Crippen LogP contribution in [-0.2, 0) is 6.54 Å². The van der Waals surface area contributed by atoms with Crippen LogP contribution < -0.4 is 5.32 Å². The summed E-state index contributed by atoms with van der Waals surface area (Å²) >= 11 is 0. The summed E-state index contributed by atoms with van der Waals surface area (Å²) in [5.74, 6) is 1.61. The van der Waals surface area contributed by atoms with Crippen molar-refractivity contribution in [1.29, 1.82) is 0 Å². The number of nitrogens with zero attached hydrogens (tertiary/aromatic N) is 2. The standard InChI is InChI=1S/C15H27N3/c1-4-10-16-15(13-8-6-7-12(13)3)14-9-11-17-18(14)5-2/h9,11-13,15-16H,4-8,10H2,1-3H3. The highest BCUT2D eigenvalue weighted by atomic mass is 15.3. The fraction of sp³-hybridized carbons (Fsp3) is 0.800. The summed E-state index contributed by atoms with van der Waals surface area (Å²) in [6, 6.07) is 2.69. The lowest BCUT2D eigenvalue weighted by atomic mass is 9.88. The van der Waals surface area contributed by atoms with Gasteiger partial charge in [0.1, 0.15) is 0 Å². The molecule has 0 radical (unpaired) electrons. The number of hydrogen-bond acceptors (Lipinski definition) is 2. The van der Waals surface area contributed by atoms with Crippen LogP contribution in [0.25, 0.3) is 0 Å². The molecule has 1 aliphatic carbocycles. The van der Waals surface area contributed by atoms with Gasteiger partial charge in [0.2, 0.25) is 0 Å². The predicted molar refractivity (Wildman–Crippen MR) is 75.4 cm³/mol. The fourth-order valence-electron chi connectivity index (χ4n) is 3.32. The Morgan fingerprint density at radius 2 is 2.28 bits per heavy atom. The third-order valence-corrected chi connectivity index (χ3v) is 4.34. The Morgan fingerprint density at radius 1 is 1.44 bits per heavy atom. The van der Waals surface area contributed by atoms with Crippen molar-refractivity contribution in [3.63, 3.8) is 0 Å². The van der Waals surface area contributed by atoms with Gasteiger partial charge in [-0.2, -0.15) is 5.10 Å². The molecule has 102 valence electrons. The summed E-state index contributed by atoms with van der Waals surface area (Å²) in [6.45, 7) is 8.88. The third kappa shape index (κ3) is 2.77. The second-order valence-electron chi connectivity index (χ2n) is 5.58. The molecular weight excluding hydrogens is 222 g/mol. The molecule has 0 saturated heterocycles. The van der Waals surface area contributed by atoms with Gasteiger partial charge in [-0.25, -0.2) is 0 Å². The van der Waals surface area contributed by atoms with E-state index < -0.39 is 0 Å². The van der Waals surface area contributed by atoms with Gasteiger partial charge in [-0.15, -0.1) is 0 Å². The molecule has 0 aliphatic heterocycles. The molecule has 3 atom stereocenters. The van der Waals surface area contributed by atoms with Crippen LogP contribution in [0, 0.1) is 11.8 Å². The summed E-state index contributed by atoms with van der Waals surface area (Å²) in [5.41, 5.74) is 1.38. The van der Waals surface area contributed by atoms with E-state index in [1.54, 1.807) is 0 Å². The Labute approximate surface area is 111 Å². The largest absolute Gasteiger partial charge is 0.308 e. The molecule has 1 aromatic heterocycles. The minimum Gasteiger partial charge on any atom is -0.308 e. The van der Waals surface area contributed by atoms with Crippen LogP contribution in [0.3, 0.4) is 0 Å². The average Bonchev–Trinajstić information content (AvgIpc) is 2.99. The quantitative estimate of drug-likeness (QED) is 0.837. The first kappa shape index (κ1) is 13.6. The van der Waals surface area contributed by atoms with Gasteiger partial charge in [0.05, 0.1) is 11.7 Å². The number of aryl methyl sites for hydroxylation is 1. The Hall–Kier alpha value is -0.830. The molecule has 1 heterocycles. The van der Waals surface area contributed by atoms with E-state index >= 15 is 0 Å². The monoisotopic (exact) mass is 249 g/mol. The van der Waals surface area contributed by atoms with Gasteiger partial charge < -0.3 is 5.32 Å². The van der Waals surface area contributed by atoms with Gasteiger partial charge in [0, 0.05) is 12.7 Å². The minimum absolute atomic E-state index is 0.491. The maximum atomic E-state index is 4.44. The summed E-state index contributed by atoms with van der Waals surface area (Å²) in [4.78, 5) is 0. The average molecular weight is 249 g/mol. The fourth-order valence-corrected chi connectivity index (χ4v) is 3.32. The maximum Gasteiger partial charge on any atom is 0.0556 e. The zero-order valence-electron chi connectivity index (χ0n) is 12.0. The zero-order chi connectivity index (χ0) is 13.0. The van der Waals surface area contributed by atoms with Gasteiger partial charge in [-0.1, -0.05) is 26.7 Å². The van der Waals surface area contributed by atoms with Crippen LogP contribution in [-0.4, -0.2) is 16.3 Å². The van der Waals surface area contributed by atoms with Crippen LogP contribution in [0.2, 0.25) is 0 Å². The van der Waals surface area contributed by atoms with Crippen molar-refractivity contribution in [2.24, 2.45) is 11.8 Å². The van der Waals surface area contributed by atoms with E-state index in [-0.39, 0.29) is 0 Å². The lowest BCUT2D eigenvalue weighted by Gasteiger charge is -2.28. The van der Waals surface area contributed by atoms with Gasteiger partial charge in [0.15, 0.2) is 0 Å². The molecule has 3 unspecified atom stereocenters. The van der Waals surface area contributed by atoms with E-state index in [0.29, 0.717) is 6.04 Å². The molecule has 0 spiro atoms. The highest BCUT2D eigenvalue weighted by Gasteiger charge is 2.32. The summed E-state index contributed by atoms with van der Waals surface area (Å²) in [6.07, 6.45) is 7.26. The van der Waals surface area contributed by atoms with Gasteiger partial charge >= 0.3 is 0 Å². The summed E-state index contributed by atoms with van der Waals surface area (Å²) in [5, 5.41) is 8.19. The lowest BCUT2D eigenvalue weighted by Crippen LogP contribution is -2.32. The molecule has 1 aliphatic rings. The van der Waals surface area contributed by atoms with E-state index in [4.69, 9.17) is 0 Å². The SMILES string of the molecule is CCCNC(c1ccnn1CC)C1CCCC1C. The van der Waals surface area contributed by atoms with E-state index in [1.807, 2.05) is 6.20 Å². The predicted octanol–water partition coefficient (Wildman–Crippen LogP) is 3.38. The van der Waals surface area contributed by atoms with Crippen molar-refractivity contribution in [3.8, 4) is 0 Å². The van der Waals surface area contributed by atoms with Crippen LogP contribution in [0.1, 0.15) is 58.2 Å². The van der Waals surface area contributed by atoms with Crippen LogP contribution >= 0.6 is 0 Å². The number of aromatic nitrogens is 2. The molecule has 1 saturated carbocycles. The Bertz CT molecular complexity index is 358. The smallest absolute Gasteiger partial charge is 0.0556 e. The molecule has 1 N–H and O–H groups in total. The van der Waals surface area contributed by atoms with Crippen molar-refractivity contribution < 1.29 is 0 Å². The van der Waals surface area contributed by atoms with E-state index in [2.05, 4.69) is 41.9 Å². The Kier molecular flexibility index (Phi) is 4.81. The third-order valence-electron chi connectivity index (χ3n) is 4.34. The maximum absolute atomic E-state index is 4.44. The van der Waals surface area contributed by atoms with Crippen LogP contribution in [0.5, 0.6) is 0 Å². The van der Waals surface area contributed by atoms with E-state index in [1.165, 1.54) is 31.4 Å². The molecule has 1 aromatic rings. The van der Waals surface area contributed by atoms with Crippen LogP contribution in [0.15, 0.2) is 12.3 Å². The second-order valence-corrected chi connectivity index (χ2v) is 5.58. The Balaban J connectivity index is 2.18. The van der Waals surface area contributed by atoms with E-state index in [9.17, 15) is 0 Å². The number of nitrogens with one attached hydrogen (secondary N) is 1. The van der Waals surface area contributed by atoms with Gasteiger partial charge in [0.25, 0.3) is 0 Å². The molecule has 1 fully saturated rings. The van der Waals surface area contributed by atoms with Crippen molar-refractivity contribution in [2.75, 3.05) is 6.54 Å². The molecule has 0 amide bonds. The number of rotatable bonds is 6. The molecule has 0 aromatic carbocycles. The molecule has 2 rings (SSSR count). The molecular formula is C15H27N3. The van der Waals surface area contributed by atoms with Crippen LogP contribution in [0.4, 0.5) is 0 Å². The van der Waals surface area contributed by atoms with Crippen molar-refractivity contribution in [3.05, 3.63) is 18.0 Å². The second kappa shape index (κ2) is 6.37. The lowest BCUT2D eigenvalue weighted by molar-refractivity contribution is 0.288. The zero-order valence-corrected chi connectivity index (χ0v) is 12.0. The Morgan fingerprint density at radius 3 is 2.89 bits per heavy atom. The summed E-state index contributed by atoms with van der Waals surface area (Å²) in [7, 11) is 0. The van der Waals surface area contributed by atoms with Crippen molar-refractivity contribution >= 4 is 0 Å². The number of hydrogen-bond donors (Lipinski definition) is 1. The topological polar surface area (TPSA) is 29.9 Å². The summed E-state index contributed by atoms with van der Waals surface area (Å²) < 4.78 is 2.15. The molecule has 3 nitrogen and oxygen atoms in total. The first-order valence-electron chi connectivity index (χ1n) is 7.53. The van der Waals surface area contributed by atoms with Crippen molar-refractivity contribution in [2.45, 2.75) is 59.0 Å². The van der Waals surface area contributed by atoms with Crippen molar-refractivity contribution in [1.82, 2.24) is 15.1 Å². The van der Waals surface area contributed by atoms with Gasteiger partial charge in [-0.05, 0) is 44.2 Å². The molecule has 18 heavy (non-hydrogen) atoms.